The fourth-order valence-corrected chi connectivity index (χ4v) is 5.56. The molecule has 1 saturated heterocycles. The highest BCUT2D eigenvalue weighted by atomic mass is 35.5. The van der Waals surface area contributed by atoms with Crippen LogP contribution in [0.25, 0.3) is 16.7 Å². The van der Waals surface area contributed by atoms with E-state index in [1.807, 2.05) is 45.9 Å². The number of halogens is 4. The topological polar surface area (TPSA) is 160 Å². The van der Waals surface area contributed by atoms with Crippen molar-refractivity contribution >= 4 is 57.5 Å². The number of hydrogen-bond donors (Lipinski definition) is 3. The lowest BCUT2D eigenvalue weighted by Gasteiger charge is -2.25. The largest absolute Gasteiger partial charge is 0.433 e. The van der Waals surface area contributed by atoms with E-state index in [9.17, 15) is 18.0 Å². The zero-order valence-corrected chi connectivity index (χ0v) is 30.0. The summed E-state index contributed by atoms with van der Waals surface area (Å²) in [4.78, 5) is 39.1. The summed E-state index contributed by atoms with van der Waals surface area (Å²) in [6.45, 7) is 9.12. The molecular weight excluding hydrogens is 713 g/mol. The summed E-state index contributed by atoms with van der Waals surface area (Å²) >= 11 is 6.46. The number of amides is 1. The molecule has 7 rings (SSSR count). The van der Waals surface area contributed by atoms with Gasteiger partial charge in [0.05, 0.1) is 36.1 Å². The van der Waals surface area contributed by atoms with Crippen molar-refractivity contribution in [1.82, 2.24) is 39.5 Å². The lowest BCUT2D eigenvalue weighted by atomic mass is 10.1. The van der Waals surface area contributed by atoms with Gasteiger partial charge in [-0.25, -0.2) is 9.97 Å². The first kappa shape index (κ1) is 37.1. The van der Waals surface area contributed by atoms with Crippen LogP contribution in [0.1, 0.15) is 43.4 Å². The molecule has 1 amide bonds. The first-order valence-corrected chi connectivity index (χ1v) is 16.9. The maximum Gasteiger partial charge on any atom is 0.433 e. The number of pyridine rings is 3. The number of alkyl halides is 3. The second kappa shape index (κ2) is 15.5. The summed E-state index contributed by atoms with van der Waals surface area (Å²) in [5.74, 6) is 1.26. The summed E-state index contributed by atoms with van der Waals surface area (Å²) in [6.07, 6.45) is 1.58. The molecule has 0 aliphatic carbocycles. The SMILES string of the molecule is CC(C)(C)Nc1nc(NCc2cccnc2C(F)(F)F)c2cccnc2n1.Cc1nc2c(N3CCOCC3=O)cnn2c(NCc2ccccn2)c1Cl. The third kappa shape index (κ3) is 8.86. The fourth-order valence-electron chi connectivity index (χ4n) is 5.37. The molecule has 0 saturated carbocycles. The second-order valence-electron chi connectivity index (χ2n) is 12.9. The number of rotatable bonds is 8. The summed E-state index contributed by atoms with van der Waals surface area (Å²) in [7, 11) is 0. The highest BCUT2D eigenvalue weighted by Crippen LogP contribution is 2.32. The third-order valence-corrected chi connectivity index (χ3v) is 8.19. The Morgan fingerprint density at radius 1 is 0.925 bits per heavy atom. The molecule has 18 heteroatoms. The zero-order chi connectivity index (χ0) is 37.8. The number of fused-ring (bicyclic) bond motifs is 2. The molecule has 0 unspecified atom stereocenters. The van der Waals surface area contributed by atoms with Crippen molar-refractivity contribution in [3.63, 3.8) is 0 Å². The van der Waals surface area contributed by atoms with Crippen LogP contribution in [0.5, 0.6) is 0 Å². The van der Waals surface area contributed by atoms with Gasteiger partial charge in [0.25, 0.3) is 5.91 Å². The normalized spacial score (nSPS) is 13.5. The van der Waals surface area contributed by atoms with E-state index in [1.165, 1.54) is 12.1 Å². The minimum atomic E-state index is -4.52. The maximum absolute atomic E-state index is 13.1. The Morgan fingerprint density at radius 3 is 2.43 bits per heavy atom. The van der Waals surface area contributed by atoms with Crippen LogP contribution in [0.15, 0.2) is 67.3 Å². The highest BCUT2D eigenvalue weighted by Gasteiger charge is 2.35. The Morgan fingerprint density at radius 2 is 1.70 bits per heavy atom. The molecule has 1 aliphatic rings. The Hall–Kier alpha value is -5.68. The van der Waals surface area contributed by atoms with Crippen molar-refractivity contribution in [3.05, 3.63) is 94.9 Å². The van der Waals surface area contributed by atoms with Crippen LogP contribution in [0.2, 0.25) is 5.02 Å². The molecule has 276 valence electrons. The first-order valence-electron chi connectivity index (χ1n) is 16.5. The number of carbonyl (C=O) groups excluding carboxylic acids is 1. The van der Waals surface area contributed by atoms with Gasteiger partial charge in [-0.1, -0.05) is 23.7 Å². The zero-order valence-electron chi connectivity index (χ0n) is 29.2. The number of ether oxygens (including phenoxy) is 1. The molecule has 0 bridgehead atoms. The van der Waals surface area contributed by atoms with Crippen molar-refractivity contribution in [2.75, 3.05) is 40.6 Å². The van der Waals surface area contributed by atoms with E-state index < -0.39 is 11.9 Å². The van der Waals surface area contributed by atoms with Crippen molar-refractivity contribution in [2.24, 2.45) is 0 Å². The van der Waals surface area contributed by atoms with E-state index in [4.69, 9.17) is 16.3 Å². The predicted molar refractivity (Wildman–Crippen MR) is 195 cm³/mol. The van der Waals surface area contributed by atoms with E-state index in [2.05, 4.69) is 51.0 Å². The van der Waals surface area contributed by atoms with Gasteiger partial charge in [0.15, 0.2) is 17.1 Å². The van der Waals surface area contributed by atoms with Crippen LogP contribution in [0, 0.1) is 6.92 Å². The Bertz CT molecular complexity index is 2230. The Kier molecular flexibility index (Phi) is 10.9. The lowest BCUT2D eigenvalue weighted by Crippen LogP contribution is -2.41. The van der Waals surface area contributed by atoms with Gasteiger partial charge >= 0.3 is 6.18 Å². The van der Waals surface area contributed by atoms with E-state index in [1.54, 1.807) is 40.1 Å². The Labute approximate surface area is 307 Å². The molecule has 1 aliphatic heterocycles. The van der Waals surface area contributed by atoms with Crippen molar-refractivity contribution in [2.45, 2.75) is 52.5 Å². The van der Waals surface area contributed by atoms with Crippen LogP contribution in [0.4, 0.5) is 36.4 Å². The summed E-state index contributed by atoms with van der Waals surface area (Å²) in [5.41, 5.74) is 2.04. The predicted octanol–water partition coefficient (Wildman–Crippen LogP) is 6.32. The minimum absolute atomic E-state index is 0.0333. The van der Waals surface area contributed by atoms with Gasteiger partial charge in [-0.05, 0) is 58.0 Å². The van der Waals surface area contributed by atoms with Gasteiger partial charge in [-0.3, -0.25) is 14.8 Å². The first-order chi connectivity index (χ1) is 25.3. The molecular formula is C35H36ClF3N12O2. The molecule has 6 aromatic heterocycles. The van der Waals surface area contributed by atoms with Gasteiger partial charge in [0.2, 0.25) is 5.95 Å². The molecule has 14 nitrogen and oxygen atoms in total. The molecule has 53 heavy (non-hydrogen) atoms. The number of anilines is 4. The van der Waals surface area contributed by atoms with Gasteiger partial charge in [-0.2, -0.15) is 32.8 Å². The summed E-state index contributed by atoms with van der Waals surface area (Å²) < 4.78 is 46.2. The van der Waals surface area contributed by atoms with Crippen LogP contribution in [0.3, 0.4) is 0 Å². The van der Waals surface area contributed by atoms with Crippen LogP contribution in [-0.4, -0.2) is 70.7 Å². The van der Waals surface area contributed by atoms with E-state index in [0.717, 1.165) is 11.9 Å². The second-order valence-corrected chi connectivity index (χ2v) is 13.3. The average molecular weight is 749 g/mol. The van der Waals surface area contributed by atoms with Gasteiger partial charge in [-0.15, -0.1) is 0 Å². The van der Waals surface area contributed by atoms with Gasteiger partial charge in [0, 0.05) is 42.8 Å². The number of aryl methyl sites for hydroxylation is 1. The molecule has 6 aromatic rings. The molecule has 3 N–H and O–H groups in total. The average Bonchev–Trinajstić information content (AvgIpc) is 3.53. The minimum Gasteiger partial charge on any atom is -0.370 e. The quantitative estimate of drug-likeness (QED) is 0.159. The molecule has 0 aromatic carbocycles. The number of nitrogens with one attached hydrogen (secondary N) is 3. The van der Waals surface area contributed by atoms with Crippen LogP contribution < -0.4 is 20.9 Å². The fraction of sp³-hybridized carbons (Fsp3) is 0.314. The van der Waals surface area contributed by atoms with Gasteiger partial charge in [0.1, 0.15) is 28.8 Å². The summed E-state index contributed by atoms with van der Waals surface area (Å²) in [6, 6.07) is 12.1. The maximum atomic E-state index is 13.1. The van der Waals surface area contributed by atoms with Crippen LogP contribution in [-0.2, 0) is 28.8 Å². The van der Waals surface area contributed by atoms with E-state index >= 15 is 0 Å². The van der Waals surface area contributed by atoms with Gasteiger partial charge < -0.3 is 25.6 Å². The molecule has 0 spiro atoms. The molecule has 7 heterocycles. The highest BCUT2D eigenvalue weighted by molar-refractivity contribution is 6.33. The molecule has 0 radical (unpaired) electrons. The monoisotopic (exact) mass is 748 g/mol. The van der Waals surface area contributed by atoms with Crippen molar-refractivity contribution in [3.8, 4) is 0 Å². The number of hydrogen-bond acceptors (Lipinski definition) is 12. The lowest BCUT2D eigenvalue weighted by molar-refractivity contribution is -0.141. The molecule has 1 fully saturated rings. The number of carbonyl (C=O) groups is 1. The standard InChI is InChI=1S/C18H19F3N6.C17H17ClN6O2/c1-17(2,3)27-16-25-14-12(7-5-9-23-14)15(26-16)24-10-11-6-4-8-22-13(11)18(19,20)21;1-11-15(18)17(20-8-12-4-2-3-5-19-12)24-16(22-11)13(9-21-24)23-6-7-26-10-14(23)25/h4-9H,10H2,1-3H3,(H2,23,24,25,26,27);2-5,9,20H,6-8,10H2,1H3. The number of aromatic nitrogens is 8. The number of nitrogens with zero attached hydrogens (tertiary/aromatic N) is 9. The summed E-state index contributed by atoms with van der Waals surface area (Å²) in [5, 5.41) is 14.9. The molecule has 0 atom stereocenters. The van der Waals surface area contributed by atoms with Crippen molar-refractivity contribution < 1.29 is 22.7 Å². The van der Waals surface area contributed by atoms with E-state index in [0.29, 0.717) is 70.4 Å². The third-order valence-electron chi connectivity index (χ3n) is 7.74. The van der Waals surface area contributed by atoms with E-state index in [-0.39, 0.29) is 30.2 Å². The number of morpholine rings is 1. The van der Waals surface area contributed by atoms with Crippen LogP contribution >= 0.6 is 11.6 Å². The Balaban J connectivity index is 0.000000181. The van der Waals surface area contributed by atoms with Crippen molar-refractivity contribution in [1.29, 1.82) is 0 Å². The smallest absolute Gasteiger partial charge is 0.370 e.